The van der Waals surface area contributed by atoms with Crippen LogP contribution in [0.15, 0.2) is 64.6 Å². The molecule has 0 saturated carbocycles. The van der Waals surface area contributed by atoms with E-state index in [-0.39, 0.29) is 11.5 Å². The van der Waals surface area contributed by atoms with Crippen molar-refractivity contribution in [2.45, 2.75) is 40.2 Å². The minimum atomic E-state index is -0.197. The Kier molecular flexibility index (Phi) is 5.95. The molecule has 0 bridgehead atoms. The first kappa shape index (κ1) is 21.6. The van der Waals surface area contributed by atoms with Crippen LogP contribution in [0.3, 0.4) is 0 Å². The van der Waals surface area contributed by atoms with Crippen LogP contribution < -0.4 is 10.3 Å². The van der Waals surface area contributed by atoms with E-state index in [2.05, 4.69) is 36.5 Å². The Morgan fingerprint density at radius 1 is 1.16 bits per heavy atom. The molecule has 0 unspecified atom stereocenters. The summed E-state index contributed by atoms with van der Waals surface area (Å²) in [5.41, 5.74) is 4.27. The maximum atomic E-state index is 13.5. The molecule has 2 heterocycles. The summed E-state index contributed by atoms with van der Waals surface area (Å²) in [4.78, 5) is 18.3. The standard InChI is InChI=1S/C26H28N4O2/c1-6-29-13-9-10-19(29)16-27-30-25(28-23-12-8-7-11-20(23)26(30)31)22-15-21(17(2)3)24(32-5)14-18(22)4/h7-17H,6H2,1-5H3. The van der Waals surface area contributed by atoms with Gasteiger partial charge in [-0.05, 0) is 67.3 Å². The summed E-state index contributed by atoms with van der Waals surface area (Å²) in [6.45, 7) is 9.13. The van der Waals surface area contributed by atoms with Crippen molar-refractivity contribution in [1.82, 2.24) is 14.2 Å². The molecule has 0 radical (unpaired) electrons. The molecule has 0 atom stereocenters. The van der Waals surface area contributed by atoms with E-state index in [0.717, 1.165) is 34.7 Å². The van der Waals surface area contributed by atoms with E-state index in [1.807, 2.05) is 49.5 Å². The molecule has 0 aliphatic carbocycles. The Hall–Kier alpha value is -3.67. The number of rotatable bonds is 6. The number of aryl methyl sites for hydroxylation is 2. The number of hydrogen-bond donors (Lipinski definition) is 0. The Morgan fingerprint density at radius 3 is 2.66 bits per heavy atom. The Balaban J connectivity index is 2.00. The first-order valence-electron chi connectivity index (χ1n) is 10.8. The third kappa shape index (κ3) is 3.84. The van der Waals surface area contributed by atoms with Gasteiger partial charge in [-0.25, -0.2) is 4.98 Å². The van der Waals surface area contributed by atoms with Crippen LogP contribution in [0.25, 0.3) is 22.3 Å². The first-order valence-corrected chi connectivity index (χ1v) is 10.8. The van der Waals surface area contributed by atoms with Gasteiger partial charge in [0.05, 0.1) is 29.9 Å². The fourth-order valence-corrected chi connectivity index (χ4v) is 3.92. The lowest BCUT2D eigenvalue weighted by atomic mass is 9.96. The zero-order valence-corrected chi connectivity index (χ0v) is 19.2. The van der Waals surface area contributed by atoms with E-state index in [4.69, 9.17) is 9.72 Å². The van der Waals surface area contributed by atoms with Gasteiger partial charge in [-0.15, -0.1) is 0 Å². The van der Waals surface area contributed by atoms with Crippen molar-refractivity contribution in [2.75, 3.05) is 7.11 Å². The van der Waals surface area contributed by atoms with E-state index in [1.54, 1.807) is 19.4 Å². The largest absolute Gasteiger partial charge is 0.496 e. The van der Waals surface area contributed by atoms with Gasteiger partial charge in [-0.1, -0.05) is 26.0 Å². The van der Waals surface area contributed by atoms with E-state index < -0.39 is 0 Å². The van der Waals surface area contributed by atoms with Gasteiger partial charge in [0, 0.05) is 18.3 Å². The molecule has 0 saturated heterocycles. The van der Waals surface area contributed by atoms with Gasteiger partial charge in [0.15, 0.2) is 5.82 Å². The average molecular weight is 429 g/mol. The van der Waals surface area contributed by atoms with Crippen LogP contribution in [-0.4, -0.2) is 27.6 Å². The third-order valence-corrected chi connectivity index (χ3v) is 5.70. The molecule has 0 N–H and O–H groups in total. The van der Waals surface area contributed by atoms with Gasteiger partial charge >= 0.3 is 0 Å². The molecule has 0 amide bonds. The molecule has 2 aromatic heterocycles. The second kappa shape index (κ2) is 8.83. The zero-order valence-electron chi connectivity index (χ0n) is 19.2. The van der Waals surface area contributed by atoms with Crippen molar-refractivity contribution in [3.05, 3.63) is 81.9 Å². The van der Waals surface area contributed by atoms with Crippen LogP contribution in [0.5, 0.6) is 5.75 Å². The topological polar surface area (TPSA) is 61.4 Å². The molecule has 164 valence electrons. The minimum Gasteiger partial charge on any atom is -0.496 e. The van der Waals surface area contributed by atoms with Crippen LogP contribution in [0.2, 0.25) is 0 Å². The predicted molar refractivity (Wildman–Crippen MR) is 130 cm³/mol. The molecular weight excluding hydrogens is 400 g/mol. The SMILES string of the molecule is CCn1cccc1C=Nn1c(-c2cc(C(C)C)c(OC)cc2C)nc2ccccc2c1=O. The summed E-state index contributed by atoms with van der Waals surface area (Å²) < 4.78 is 9.08. The number of fused-ring (bicyclic) bond motifs is 1. The summed E-state index contributed by atoms with van der Waals surface area (Å²) in [7, 11) is 1.68. The molecule has 6 heteroatoms. The molecule has 0 fully saturated rings. The maximum Gasteiger partial charge on any atom is 0.282 e. The number of methoxy groups -OCH3 is 1. The molecule has 2 aromatic carbocycles. The van der Waals surface area contributed by atoms with Gasteiger partial charge in [-0.3, -0.25) is 4.79 Å². The van der Waals surface area contributed by atoms with Crippen LogP contribution >= 0.6 is 0 Å². The summed E-state index contributed by atoms with van der Waals surface area (Å²) in [6.07, 6.45) is 3.71. The molecular formula is C26H28N4O2. The van der Waals surface area contributed by atoms with Gasteiger partial charge in [0.2, 0.25) is 0 Å². The zero-order chi connectivity index (χ0) is 22.8. The monoisotopic (exact) mass is 428 g/mol. The minimum absolute atomic E-state index is 0.197. The molecule has 4 rings (SSSR count). The van der Waals surface area contributed by atoms with E-state index in [0.29, 0.717) is 16.7 Å². The van der Waals surface area contributed by atoms with Gasteiger partial charge in [-0.2, -0.15) is 9.78 Å². The molecule has 0 spiro atoms. The smallest absolute Gasteiger partial charge is 0.282 e. The lowest BCUT2D eigenvalue weighted by molar-refractivity contribution is 0.407. The Bertz CT molecular complexity index is 1360. The molecule has 6 nitrogen and oxygen atoms in total. The van der Waals surface area contributed by atoms with Crippen LogP contribution in [0.4, 0.5) is 0 Å². The molecule has 0 aliphatic rings. The summed E-state index contributed by atoms with van der Waals surface area (Å²) >= 11 is 0. The Morgan fingerprint density at radius 2 is 1.94 bits per heavy atom. The lowest BCUT2D eigenvalue weighted by Gasteiger charge is -2.17. The number of aromatic nitrogens is 3. The lowest BCUT2D eigenvalue weighted by Crippen LogP contribution is -2.21. The van der Waals surface area contributed by atoms with E-state index in [1.165, 1.54) is 4.68 Å². The fraction of sp³-hybridized carbons (Fsp3) is 0.269. The van der Waals surface area contributed by atoms with Crippen molar-refractivity contribution in [2.24, 2.45) is 5.10 Å². The van der Waals surface area contributed by atoms with Crippen LogP contribution in [-0.2, 0) is 6.54 Å². The highest BCUT2D eigenvalue weighted by molar-refractivity contribution is 5.81. The molecule has 0 aliphatic heterocycles. The number of benzene rings is 2. The van der Waals surface area contributed by atoms with Gasteiger partial charge in [0.25, 0.3) is 5.56 Å². The van der Waals surface area contributed by atoms with Crippen LogP contribution in [0.1, 0.15) is 43.5 Å². The second-order valence-electron chi connectivity index (χ2n) is 8.10. The van der Waals surface area contributed by atoms with Crippen molar-refractivity contribution in [3.8, 4) is 17.1 Å². The van der Waals surface area contributed by atoms with Gasteiger partial charge in [0.1, 0.15) is 5.75 Å². The average Bonchev–Trinajstić information content (AvgIpc) is 3.25. The van der Waals surface area contributed by atoms with Crippen molar-refractivity contribution >= 4 is 17.1 Å². The van der Waals surface area contributed by atoms with E-state index in [9.17, 15) is 4.79 Å². The predicted octanol–water partition coefficient (Wildman–Crippen LogP) is 5.21. The van der Waals surface area contributed by atoms with Gasteiger partial charge < -0.3 is 9.30 Å². The fourth-order valence-electron chi connectivity index (χ4n) is 3.92. The second-order valence-corrected chi connectivity index (χ2v) is 8.10. The number of hydrogen-bond acceptors (Lipinski definition) is 4. The highest BCUT2D eigenvalue weighted by Gasteiger charge is 2.18. The summed E-state index contributed by atoms with van der Waals surface area (Å²) in [6, 6.07) is 15.4. The van der Waals surface area contributed by atoms with Crippen LogP contribution in [0, 0.1) is 6.92 Å². The highest BCUT2D eigenvalue weighted by atomic mass is 16.5. The molecule has 4 aromatic rings. The Labute approximate surface area is 187 Å². The number of ether oxygens (including phenoxy) is 1. The number of para-hydroxylation sites is 1. The third-order valence-electron chi connectivity index (χ3n) is 5.70. The first-order chi connectivity index (χ1) is 15.4. The highest BCUT2D eigenvalue weighted by Crippen LogP contribution is 2.34. The van der Waals surface area contributed by atoms with Crippen molar-refractivity contribution in [1.29, 1.82) is 0 Å². The summed E-state index contributed by atoms with van der Waals surface area (Å²) in [5, 5.41) is 5.14. The number of nitrogens with zero attached hydrogens (tertiary/aromatic N) is 4. The molecule has 32 heavy (non-hydrogen) atoms. The van der Waals surface area contributed by atoms with Crippen molar-refractivity contribution in [3.63, 3.8) is 0 Å². The van der Waals surface area contributed by atoms with Crippen molar-refractivity contribution < 1.29 is 4.74 Å². The quantitative estimate of drug-likeness (QED) is 0.396. The normalized spacial score (nSPS) is 11.7. The summed E-state index contributed by atoms with van der Waals surface area (Å²) in [5.74, 6) is 1.60. The van der Waals surface area contributed by atoms with E-state index >= 15 is 0 Å². The maximum absolute atomic E-state index is 13.5.